The standard InChI is InChI=1S/C17H23N6O5P/c1-11(28-10-29(25,26)27)7-23-9-19-14-15(21-17(18)22-16(14)23)20-13(8-24)12-5-3-2-4-6-12/h2-6,9,11,13,24H,7-8,10H2,1H3,(H2,25,26,27)(H3,18,20,21,22). The third kappa shape index (κ3) is 5.49. The van der Waals surface area contributed by atoms with Crippen LogP contribution in [0.25, 0.3) is 11.2 Å². The van der Waals surface area contributed by atoms with E-state index in [0.717, 1.165) is 5.56 Å². The van der Waals surface area contributed by atoms with Gasteiger partial charge in [-0.3, -0.25) is 4.57 Å². The molecule has 6 N–H and O–H groups in total. The lowest BCUT2D eigenvalue weighted by Gasteiger charge is -2.18. The number of ether oxygens (including phenoxy) is 1. The molecular weight excluding hydrogens is 399 g/mol. The van der Waals surface area contributed by atoms with Crippen molar-refractivity contribution in [1.82, 2.24) is 19.5 Å². The first-order chi connectivity index (χ1) is 13.8. The van der Waals surface area contributed by atoms with E-state index in [9.17, 15) is 9.67 Å². The highest BCUT2D eigenvalue weighted by Gasteiger charge is 2.19. The number of benzene rings is 1. The maximum atomic E-state index is 11.0. The summed E-state index contributed by atoms with van der Waals surface area (Å²) >= 11 is 0. The fraction of sp³-hybridized carbons (Fsp3) is 0.353. The molecule has 12 heteroatoms. The van der Waals surface area contributed by atoms with Gasteiger partial charge in [-0.05, 0) is 12.5 Å². The van der Waals surface area contributed by atoms with Gasteiger partial charge in [0.2, 0.25) is 5.95 Å². The normalized spacial score (nSPS) is 14.1. The van der Waals surface area contributed by atoms with E-state index >= 15 is 0 Å². The quantitative estimate of drug-likeness (QED) is 0.315. The highest BCUT2D eigenvalue weighted by Crippen LogP contribution is 2.34. The second-order valence-corrected chi connectivity index (χ2v) is 8.15. The molecule has 0 fully saturated rings. The Balaban J connectivity index is 1.84. The lowest BCUT2D eigenvalue weighted by molar-refractivity contribution is 0.0764. The van der Waals surface area contributed by atoms with Gasteiger partial charge >= 0.3 is 7.60 Å². The van der Waals surface area contributed by atoms with Crippen LogP contribution in [-0.4, -0.2) is 53.5 Å². The Bertz CT molecular complexity index is 1010. The highest BCUT2D eigenvalue weighted by molar-refractivity contribution is 7.51. The number of anilines is 2. The molecule has 156 valence electrons. The minimum Gasteiger partial charge on any atom is -0.394 e. The minimum atomic E-state index is -4.25. The molecule has 0 saturated carbocycles. The first-order valence-electron chi connectivity index (χ1n) is 8.83. The van der Waals surface area contributed by atoms with Crippen molar-refractivity contribution in [2.24, 2.45) is 0 Å². The summed E-state index contributed by atoms with van der Waals surface area (Å²) in [5, 5.41) is 12.9. The average molecular weight is 422 g/mol. The van der Waals surface area contributed by atoms with E-state index in [1.54, 1.807) is 11.5 Å². The van der Waals surface area contributed by atoms with E-state index in [1.165, 1.54) is 6.33 Å². The Morgan fingerprint density at radius 3 is 2.66 bits per heavy atom. The van der Waals surface area contributed by atoms with Gasteiger partial charge in [0.25, 0.3) is 0 Å². The number of nitrogens with one attached hydrogen (secondary N) is 1. The molecule has 0 aliphatic carbocycles. The summed E-state index contributed by atoms with van der Waals surface area (Å²) in [6.07, 6.45) is 0.361. The first kappa shape index (κ1) is 21.2. The van der Waals surface area contributed by atoms with Crippen molar-refractivity contribution in [3.63, 3.8) is 0 Å². The maximum Gasteiger partial charge on any atom is 0.350 e. The summed E-state index contributed by atoms with van der Waals surface area (Å²) in [5.41, 5.74) is 7.62. The number of aliphatic hydroxyl groups is 1. The zero-order valence-corrected chi connectivity index (χ0v) is 16.6. The Morgan fingerprint density at radius 2 is 2.00 bits per heavy atom. The zero-order chi connectivity index (χ0) is 21.0. The third-order valence-corrected chi connectivity index (χ3v) is 4.64. The lowest BCUT2D eigenvalue weighted by atomic mass is 10.1. The van der Waals surface area contributed by atoms with Crippen LogP contribution >= 0.6 is 7.60 Å². The van der Waals surface area contributed by atoms with E-state index in [1.807, 2.05) is 30.3 Å². The number of fused-ring (bicyclic) bond motifs is 1. The Kier molecular flexibility index (Phi) is 6.46. The fourth-order valence-electron chi connectivity index (χ4n) is 2.83. The largest absolute Gasteiger partial charge is 0.394 e. The molecule has 3 aromatic rings. The maximum absolute atomic E-state index is 11.0. The van der Waals surface area contributed by atoms with E-state index in [-0.39, 0.29) is 19.1 Å². The van der Waals surface area contributed by atoms with Gasteiger partial charge in [-0.1, -0.05) is 30.3 Å². The molecule has 1 aromatic carbocycles. The van der Waals surface area contributed by atoms with Crippen molar-refractivity contribution in [3.05, 3.63) is 42.2 Å². The number of nitrogens with two attached hydrogens (primary N) is 1. The van der Waals surface area contributed by atoms with Crippen LogP contribution in [0.1, 0.15) is 18.5 Å². The van der Waals surface area contributed by atoms with Crippen LogP contribution in [0, 0.1) is 0 Å². The second-order valence-electron chi connectivity index (χ2n) is 6.56. The third-order valence-electron chi connectivity index (χ3n) is 4.16. The van der Waals surface area contributed by atoms with E-state index in [0.29, 0.717) is 17.0 Å². The highest BCUT2D eigenvalue weighted by atomic mass is 31.2. The van der Waals surface area contributed by atoms with Gasteiger partial charge in [-0.25, -0.2) is 4.98 Å². The fourth-order valence-corrected chi connectivity index (χ4v) is 3.28. The van der Waals surface area contributed by atoms with Gasteiger partial charge in [-0.15, -0.1) is 0 Å². The van der Waals surface area contributed by atoms with Crippen molar-refractivity contribution in [2.75, 3.05) is 24.0 Å². The summed E-state index contributed by atoms with van der Waals surface area (Å²) in [5.74, 6) is 0.397. The molecule has 3 rings (SSSR count). The van der Waals surface area contributed by atoms with Crippen molar-refractivity contribution in [3.8, 4) is 0 Å². The van der Waals surface area contributed by atoms with Crippen molar-refractivity contribution >= 4 is 30.5 Å². The topological polar surface area (TPSA) is 169 Å². The molecule has 11 nitrogen and oxygen atoms in total. The van der Waals surface area contributed by atoms with Gasteiger partial charge in [0.05, 0.1) is 31.6 Å². The number of aromatic nitrogens is 4. The minimum absolute atomic E-state index is 0.0234. The second kappa shape index (κ2) is 8.85. The number of nitrogens with zero attached hydrogens (tertiary/aromatic N) is 4. The molecule has 0 radical (unpaired) electrons. The van der Waals surface area contributed by atoms with Gasteiger partial charge in [-0.2, -0.15) is 9.97 Å². The van der Waals surface area contributed by atoms with E-state index in [4.69, 9.17) is 20.3 Å². The van der Waals surface area contributed by atoms with Crippen LogP contribution in [0.15, 0.2) is 36.7 Å². The lowest BCUT2D eigenvalue weighted by Crippen LogP contribution is -2.18. The Labute approximate surface area is 166 Å². The van der Waals surface area contributed by atoms with Gasteiger partial charge in [0.15, 0.2) is 17.0 Å². The zero-order valence-electron chi connectivity index (χ0n) is 15.7. The summed E-state index contributed by atoms with van der Waals surface area (Å²) < 4.78 is 17.8. The molecule has 2 atom stereocenters. The molecule has 0 amide bonds. The summed E-state index contributed by atoms with van der Waals surface area (Å²) in [6.45, 7) is 1.78. The predicted molar refractivity (Wildman–Crippen MR) is 107 cm³/mol. The van der Waals surface area contributed by atoms with Gasteiger partial charge in [0, 0.05) is 0 Å². The molecule has 0 bridgehead atoms. The Hall–Kier alpha value is -2.56. The number of hydrogen-bond donors (Lipinski definition) is 5. The van der Waals surface area contributed by atoms with Crippen LogP contribution in [0.4, 0.5) is 11.8 Å². The molecular formula is C17H23N6O5P. The molecule has 2 heterocycles. The SMILES string of the molecule is CC(Cn1cnc2c(NC(CO)c3ccccc3)nc(N)nc21)OCP(=O)(O)O. The molecule has 2 aromatic heterocycles. The van der Waals surface area contributed by atoms with Crippen LogP contribution in [-0.2, 0) is 15.8 Å². The van der Waals surface area contributed by atoms with Crippen LogP contribution in [0.5, 0.6) is 0 Å². The first-order valence-corrected chi connectivity index (χ1v) is 10.6. The number of aliphatic hydroxyl groups excluding tert-OH is 1. The molecule has 0 saturated heterocycles. The Morgan fingerprint density at radius 1 is 1.28 bits per heavy atom. The average Bonchev–Trinajstić information content (AvgIpc) is 3.07. The molecule has 29 heavy (non-hydrogen) atoms. The predicted octanol–water partition coefficient (Wildman–Crippen LogP) is 1.09. The smallest absolute Gasteiger partial charge is 0.350 e. The van der Waals surface area contributed by atoms with E-state index in [2.05, 4.69) is 20.3 Å². The molecule has 0 spiro atoms. The van der Waals surface area contributed by atoms with Crippen LogP contribution in [0.2, 0.25) is 0 Å². The number of imidazole rings is 1. The van der Waals surface area contributed by atoms with Crippen molar-refractivity contribution < 1.29 is 24.2 Å². The molecule has 0 aliphatic heterocycles. The van der Waals surface area contributed by atoms with Crippen molar-refractivity contribution in [2.45, 2.75) is 25.6 Å². The molecule has 0 aliphatic rings. The summed E-state index contributed by atoms with van der Waals surface area (Å²) in [6, 6.07) is 8.98. The number of rotatable bonds is 9. The van der Waals surface area contributed by atoms with Crippen LogP contribution < -0.4 is 11.1 Å². The molecule has 2 unspecified atom stereocenters. The van der Waals surface area contributed by atoms with Gasteiger partial charge in [0.1, 0.15) is 6.35 Å². The van der Waals surface area contributed by atoms with Gasteiger partial charge < -0.3 is 35.2 Å². The van der Waals surface area contributed by atoms with E-state index < -0.39 is 26.1 Å². The number of nitrogen functional groups attached to an aromatic ring is 1. The number of hydrogen-bond acceptors (Lipinski definition) is 8. The van der Waals surface area contributed by atoms with Crippen LogP contribution in [0.3, 0.4) is 0 Å². The monoisotopic (exact) mass is 422 g/mol. The van der Waals surface area contributed by atoms with Crippen molar-refractivity contribution in [1.29, 1.82) is 0 Å². The summed E-state index contributed by atoms with van der Waals surface area (Å²) in [4.78, 5) is 30.6. The summed E-state index contributed by atoms with van der Waals surface area (Å²) in [7, 11) is -4.25.